The second-order valence-electron chi connectivity index (χ2n) is 4.55. The van der Waals surface area contributed by atoms with Crippen LogP contribution in [0.1, 0.15) is 12.5 Å². The molecule has 1 atom stereocenters. The van der Waals surface area contributed by atoms with Crippen molar-refractivity contribution in [2.45, 2.75) is 18.7 Å². The topological polar surface area (TPSA) is 60.5 Å². The van der Waals surface area contributed by atoms with E-state index in [1.54, 1.807) is 7.11 Å². The summed E-state index contributed by atoms with van der Waals surface area (Å²) in [5.41, 5.74) is 8.13. The molecule has 4 nitrogen and oxygen atoms in total. The number of amidine groups is 1. The van der Waals surface area contributed by atoms with Crippen molar-refractivity contribution in [3.8, 4) is 0 Å². The zero-order chi connectivity index (χ0) is 14.4. The molecule has 2 aromatic rings. The first-order valence-electron chi connectivity index (χ1n) is 6.48. The number of fused-ring (bicyclic) bond motifs is 1. The molecule has 0 fully saturated rings. The molecule has 0 amide bonds. The lowest BCUT2D eigenvalue weighted by atomic mass is 10.1. The van der Waals surface area contributed by atoms with Crippen LogP contribution in [0.5, 0.6) is 0 Å². The summed E-state index contributed by atoms with van der Waals surface area (Å²) in [4.78, 5) is 8.81. The van der Waals surface area contributed by atoms with Gasteiger partial charge in [-0.1, -0.05) is 36.0 Å². The molecule has 5 heteroatoms. The van der Waals surface area contributed by atoms with Gasteiger partial charge in [0.05, 0.1) is 18.2 Å². The first-order valence-corrected chi connectivity index (χ1v) is 7.47. The summed E-state index contributed by atoms with van der Waals surface area (Å²) in [5, 5.41) is 1.73. The second-order valence-corrected chi connectivity index (χ2v) is 5.55. The highest BCUT2D eigenvalue weighted by Gasteiger charge is 2.05. The Bertz CT molecular complexity index is 595. The number of aromatic nitrogens is 1. The molecular weight excluding hydrogens is 270 g/mol. The highest BCUT2D eigenvalue weighted by atomic mass is 32.2. The Kier molecular flexibility index (Phi) is 5.38. The first kappa shape index (κ1) is 14.8. The Morgan fingerprint density at radius 3 is 3.00 bits per heavy atom. The van der Waals surface area contributed by atoms with Crippen LogP contribution in [-0.2, 0) is 10.5 Å². The van der Waals surface area contributed by atoms with Gasteiger partial charge >= 0.3 is 0 Å². The molecule has 106 valence electrons. The number of thioether (sulfide) groups is 1. The van der Waals surface area contributed by atoms with Gasteiger partial charge in [-0.3, -0.25) is 9.98 Å². The van der Waals surface area contributed by atoms with Gasteiger partial charge < -0.3 is 10.5 Å². The molecule has 0 saturated heterocycles. The number of pyridine rings is 1. The molecule has 20 heavy (non-hydrogen) atoms. The summed E-state index contributed by atoms with van der Waals surface area (Å²) in [6.45, 7) is 2.56. The second kappa shape index (κ2) is 7.26. The predicted octanol–water partition coefficient (Wildman–Crippen LogP) is 2.82. The SMILES string of the molecule is COC[C@H](C)N=C(N)SCc1cccc2cccnc12. The molecule has 0 bridgehead atoms. The molecule has 0 radical (unpaired) electrons. The maximum absolute atomic E-state index is 5.93. The largest absolute Gasteiger partial charge is 0.382 e. The van der Waals surface area contributed by atoms with Crippen LogP contribution in [0.2, 0.25) is 0 Å². The Morgan fingerprint density at radius 2 is 2.20 bits per heavy atom. The van der Waals surface area contributed by atoms with E-state index in [2.05, 4.69) is 28.2 Å². The van der Waals surface area contributed by atoms with Gasteiger partial charge in [0.1, 0.15) is 0 Å². The third kappa shape index (κ3) is 3.95. The fourth-order valence-corrected chi connectivity index (χ4v) is 2.76. The number of hydrogen-bond donors (Lipinski definition) is 1. The number of ether oxygens (including phenoxy) is 1. The highest BCUT2D eigenvalue weighted by Crippen LogP contribution is 2.20. The minimum absolute atomic E-state index is 0.0816. The minimum atomic E-state index is 0.0816. The maximum Gasteiger partial charge on any atom is 0.154 e. The number of rotatable bonds is 5. The Balaban J connectivity index is 2.06. The molecular formula is C15H19N3OS. The third-order valence-corrected chi connectivity index (χ3v) is 3.70. The number of benzene rings is 1. The molecule has 1 aromatic carbocycles. The van der Waals surface area contributed by atoms with Gasteiger partial charge in [-0.2, -0.15) is 0 Å². The van der Waals surface area contributed by atoms with Crippen molar-refractivity contribution in [2.24, 2.45) is 10.7 Å². The van der Waals surface area contributed by atoms with Gasteiger partial charge in [0.2, 0.25) is 0 Å². The number of para-hydroxylation sites is 1. The van der Waals surface area contributed by atoms with Crippen LogP contribution >= 0.6 is 11.8 Å². The summed E-state index contributed by atoms with van der Waals surface area (Å²) < 4.78 is 5.04. The number of nitrogens with two attached hydrogens (primary N) is 1. The predicted molar refractivity (Wildman–Crippen MR) is 86.0 cm³/mol. The molecule has 0 unspecified atom stereocenters. The maximum atomic E-state index is 5.93. The van der Waals surface area contributed by atoms with E-state index in [0.717, 1.165) is 16.7 Å². The molecule has 1 aromatic heterocycles. The van der Waals surface area contributed by atoms with E-state index in [4.69, 9.17) is 10.5 Å². The molecule has 0 spiro atoms. The zero-order valence-corrected chi connectivity index (χ0v) is 12.6. The van der Waals surface area contributed by atoms with E-state index in [0.29, 0.717) is 11.8 Å². The molecule has 0 aliphatic carbocycles. The van der Waals surface area contributed by atoms with Crippen molar-refractivity contribution < 1.29 is 4.74 Å². The standard InChI is InChI=1S/C15H19N3OS/c1-11(9-19-2)18-15(16)20-10-13-6-3-5-12-7-4-8-17-14(12)13/h3-8,11H,9-10H2,1-2H3,(H2,16,18)/t11-/m0/s1. The fourth-order valence-electron chi connectivity index (χ4n) is 1.97. The van der Waals surface area contributed by atoms with E-state index in [-0.39, 0.29) is 6.04 Å². The van der Waals surface area contributed by atoms with Crippen LogP contribution in [0.15, 0.2) is 41.5 Å². The van der Waals surface area contributed by atoms with E-state index < -0.39 is 0 Å². The number of aliphatic imine (C=N–C) groups is 1. The first-order chi connectivity index (χ1) is 9.70. The summed E-state index contributed by atoms with van der Waals surface area (Å²) >= 11 is 1.53. The van der Waals surface area contributed by atoms with Crippen molar-refractivity contribution in [1.82, 2.24) is 4.98 Å². The third-order valence-electron chi connectivity index (χ3n) is 2.85. The van der Waals surface area contributed by atoms with Gasteiger partial charge in [0.25, 0.3) is 0 Å². The van der Waals surface area contributed by atoms with Crippen LogP contribution in [0, 0.1) is 0 Å². The van der Waals surface area contributed by atoms with E-state index in [1.807, 2.05) is 25.3 Å². The molecule has 2 N–H and O–H groups in total. The van der Waals surface area contributed by atoms with Crippen LogP contribution in [0.25, 0.3) is 10.9 Å². The lowest BCUT2D eigenvalue weighted by Gasteiger charge is -2.08. The van der Waals surface area contributed by atoms with Gasteiger partial charge in [0, 0.05) is 24.4 Å². The normalized spacial score (nSPS) is 13.6. The van der Waals surface area contributed by atoms with Gasteiger partial charge in [0.15, 0.2) is 5.17 Å². The van der Waals surface area contributed by atoms with Gasteiger partial charge in [-0.05, 0) is 18.6 Å². The lowest BCUT2D eigenvalue weighted by molar-refractivity contribution is 0.186. The van der Waals surface area contributed by atoms with Crippen molar-refractivity contribution in [3.63, 3.8) is 0 Å². The summed E-state index contributed by atoms with van der Waals surface area (Å²) in [7, 11) is 1.66. The van der Waals surface area contributed by atoms with Crippen LogP contribution < -0.4 is 5.73 Å². The fraction of sp³-hybridized carbons (Fsp3) is 0.333. The average Bonchev–Trinajstić information content (AvgIpc) is 2.45. The van der Waals surface area contributed by atoms with E-state index in [9.17, 15) is 0 Å². The van der Waals surface area contributed by atoms with E-state index in [1.165, 1.54) is 17.3 Å². The molecule has 2 rings (SSSR count). The van der Waals surface area contributed by atoms with Crippen molar-refractivity contribution in [2.75, 3.05) is 13.7 Å². The van der Waals surface area contributed by atoms with Crippen molar-refractivity contribution in [1.29, 1.82) is 0 Å². The summed E-state index contributed by atoms with van der Waals surface area (Å²) in [5.74, 6) is 0.767. The van der Waals surface area contributed by atoms with Gasteiger partial charge in [-0.25, -0.2) is 0 Å². The minimum Gasteiger partial charge on any atom is -0.382 e. The Labute approximate surface area is 123 Å². The van der Waals surface area contributed by atoms with Crippen LogP contribution in [0.4, 0.5) is 0 Å². The van der Waals surface area contributed by atoms with Gasteiger partial charge in [-0.15, -0.1) is 0 Å². The van der Waals surface area contributed by atoms with Crippen LogP contribution in [-0.4, -0.2) is 29.9 Å². The monoisotopic (exact) mass is 289 g/mol. The van der Waals surface area contributed by atoms with Crippen molar-refractivity contribution in [3.05, 3.63) is 42.1 Å². The Hall–Kier alpha value is -1.59. The highest BCUT2D eigenvalue weighted by molar-refractivity contribution is 8.13. The molecule has 1 heterocycles. The molecule has 0 aliphatic rings. The van der Waals surface area contributed by atoms with E-state index >= 15 is 0 Å². The number of hydrogen-bond acceptors (Lipinski definition) is 4. The summed E-state index contributed by atoms with van der Waals surface area (Å²) in [6.07, 6.45) is 1.81. The lowest BCUT2D eigenvalue weighted by Crippen LogP contribution is -2.15. The smallest absolute Gasteiger partial charge is 0.154 e. The quantitative estimate of drug-likeness (QED) is 0.679. The molecule has 0 saturated carbocycles. The summed E-state index contributed by atoms with van der Waals surface area (Å²) in [6, 6.07) is 10.3. The number of methoxy groups -OCH3 is 1. The van der Waals surface area contributed by atoms with Crippen LogP contribution in [0.3, 0.4) is 0 Å². The average molecular weight is 289 g/mol. The zero-order valence-electron chi connectivity index (χ0n) is 11.7. The Morgan fingerprint density at radius 1 is 1.40 bits per heavy atom. The molecule has 0 aliphatic heterocycles. The van der Waals surface area contributed by atoms with Crippen molar-refractivity contribution >= 4 is 27.8 Å². The number of nitrogens with zero attached hydrogens (tertiary/aromatic N) is 2.